The molecule has 0 spiro atoms. The Morgan fingerprint density at radius 2 is 1.85 bits per heavy atom. The van der Waals surface area contributed by atoms with E-state index < -0.39 is 11.8 Å². The third-order valence-corrected chi connectivity index (χ3v) is 4.37. The van der Waals surface area contributed by atoms with E-state index in [2.05, 4.69) is 15.7 Å². The molecule has 7 nitrogen and oxygen atoms in total. The highest BCUT2D eigenvalue weighted by Gasteiger charge is 2.26. The third-order valence-electron chi connectivity index (χ3n) is 4.37. The van der Waals surface area contributed by atoms with Crippen molar-refractivity contribution < 1.29 is 14.3 Å². The van der Waals surface area contributed by atoms with Crippen LogP contribution in [0.4, 0.5) is 5.69 Å². The first kappa shape index (κ1) is 19.5. The number of rotatable bonds is 5. The Bertz CT molecular complexity index is 824. The Labute approximate surface area is 153 Å². The van der Waals surface area contributed by atoms with Crippen molar-refractivity contribution in [1.29, 1.82) is 0 Å². The fourth-order valence-corrected chi connectivity index (χ4v) is 2.99. The van der Waals surface area contributed by atoms with E-state index in [1.54, 1.807) is 14.0 Å². The van der Waals surface area contributed by atoms with E-state index in [-0.39, 0.29) is 5.41 Å². The van der Waals surface area contributed by atoms with E-state index >= 15 is 0 Å². The van der Waals surface area contributed by atoms with Gasteiger partial charge < -0.3 is 15.4 Å². The predicted octanol–water partition coefficient (Wildman–Crippen LogP) is 2.08. The first-order valence-corrected chi connectivity index (χ1v) is 8.40. The lowest BCUT2D eigenvalue weighted by Crippen LogP contribution is -2.42. The van der Waals surface area contributed by atoms with Crippen molar-refractivity contribution in [2.24, 2.45) is 7.05 Å². The number of carbonyl (C=O) groups excluding carboxylic acids is 2. The zero-order chi connectivity index (χ0) is 19.5. The monoisotopic (exact) mass is 358 g/mol. The SMILES string of the molecule is COc1c(NC(=O)C(=O)NCC(C)(C)c2ccccc2C)c(C)nn1C. The van der Waals surface area contributed by atoms with Crippen LogP contribution in [0.2, 0.25) is 0 Å². The van der Waals surface area contributed by atoms with Crippen LogP contribution in [0.15, 0.2) is 24.3 Å². The first-order chi connectivity index (χ1) is 12.2. The van der Waals surface area contributed by atoms with Crippen LogP contribution in [-0.4, -0.2) is 35.2 Å². The largest absolute Gasteiger partial charge is 0.480 e. The maximum atomic E-state index is 12.2. The predicted molar refractivity (Wildman–Crippen MR) is 100 cm³/mol. The number of hydrogen-bond donors (Lipinski definition) is 2. The Kier molecular flexibility index (Phi) is 5.69. The lowest BCUT2D eigenvalue weighted by Gasteiger charge is -2.27. The third kappa shape index (κ3) is 4.04. The van der Waals surface area contributed by atoms with Crippen molar-refractivity contribution in [3.8, 4) is 5.88 Å². The molecule has 26 heavy (non-hydrogen) atoms. The zero-order valence-electron chi connectivity index (χ0n) is 16.1. The topological polar surface area (TPSA) is 85.2 Å². The Morgan fingerprint density at radius 3 is 2.46 bits per heavy atom. The maximum Gasteiger partial charge on any atom is 0.313 e. The molecule has 2 aromatic rings. The summed E-state index contributed by atoms with van der Waals surface area (Å²) in [6.45, 7) is 8.16. The van der Waals surface area contributed by atoms with E-state index in [4.69, 9.17) is 4.74 Å². The minimum atomic E-state index is -0.750. The molecule has 0 atom stereocenters. The van der Waals surface area contributed by atoms with Gasteiger partial charge in [-0.05, 0) is 25.0 Å². The van der Waals surface area contributed by atoms with Crippen LogP contribution in [0.5, 0.6) is 5.88 Å². The van der Waals surface area contributed by atoms with Crippen LogP contribution in [-0.2, 0) is 22.1 Å². The second kappa shape index (κ2) is 7.59. The van der Waals surface area contributed by atoms with E-state index in [1.165, 1.54) is 11.8 Å². The summed E-state index contributed by atoms with van der Waals surface area (Å²) < 4.78 is 6.72. The van der Waals surface area contributed by atoms with Crippen molar-refractivity contribution in [3.63, 3.8) is 0 Å². The van der Waals surface area contributed by atoms with E-state index in [9.17, 15) is 9.59 Å². The molecule has 0 fully saturated rings. The van der Waals surface area contributed by atoms with Crippen molar-refractivity contribution in [1.82, 2.24) is 15.1 Å². The summed E-state index contributed by atoms with van der Waals surface area (Å²) >= 11 is 0. The van der Waals surface area contributed by atoms with Crippen molar-refractivity contribution in [2.45, 2.75) is 33.1 Å². The molecule has 0 saturated carbocycles. The van der Waals surface area contributed by atoms with Gasteiger partial charge >= 0.3 is 11.8 Å². The molecule has 0 saturated heterocycles. The molecule has 2 rings (SSSR count). The van der Waals surface area contributed by atoms with Crippen LogP contribution >= 0.6 is 0 Å². The highest BCUT2D eigenvalue weighted by atomic mass is 16.5. The van der Waals surface area contributed by atoms with Gasteiger partial charge in [0.05, 0.1) is 12.8 Å². The van der Waals surface area contributed by atoms with Gasteiger partial charge in [-0.1, -0.05) is 38.1 Å². The molecular weight excluding hydrogens is 332 g/mol. The van der Waals surface area contributed by atoms with Crippen LogP contribution in [0.1, 0.15) is 30.7 Å². The Hall–Kier alpha value is -2.83. The van der Waals surface area contributed by atoms with Crippen molar-refractivity contribution in [3.05, 3.63) is 41.1 Å². The summed E-state index contributed by atoms with van der Waals surface area (Å²) in [6.07, 6.45) is 0. The molecule has 140 valence electrons. The van der Waals surface area contributed by atoms with Gasteiger partial charge in [0, 0.05) is 19.0 Å². The zero-order valence-corrected chi connectivity index (χ0v) is 16.1. The number of ether oxygens (including phenoxy) is 1. The smallest absolute Gasteiger partial charge is 0.313 e. The summed E-state index contributed by atoms with van der Waals surface area (Å²) in [7, 11) is 3.18. The molecule has 0 unspecified atom stereocenters. The standard InChI is InChI=1S/C19H26N4O3/c1-12-9-7-8-10-14(12)19(3,4)11-20-16(24)17(25)21-15-13(2)22-23(5)18(15)26-6/h7-10H,11H2,1-6H3,(H,20,24)(H,21,25). The van der Waals surface area contributed by atoms with E-state index in [0.717, 1.165) is 11.1 Å². The van der Waals surface area contributed by atoms with Crippen molar-refractivity contribution in [2.75, 3.05) is 19.0 Å². The molecule has 1 aromatic heterocycles. The van der Waals surface area contributed by atoms with Gasteiger partial charge in [0.15, 0.2) is 0 Å². The molecule has 0 aliphatic rings. The number of hydrogen-bond acceptors (Lipinski definition) is 4. The number of aromatic nitrogens is 2. The molecule has 0 bridgehead atoms. The number of methoxy groups -OCH3 is 1. The number of carbonyl (C=O) groups is 2. The van der Waals surface area contributed by atoms with Gasteiger partial charge in [0.2, 0.25) is 5.88 Å². The number of amides is 2. The Morgan fingerprint density at radius 1 is 1.19 bits per heavy atom. The highest BCUT2D eigenvalue weighted by molar-refractivity contribution is 6.39. The minimum absolute atomic E-state index is 0.302. The second-order valence-electron chi connectivity index (χ2n) is 6.93. The van der Waals surface area contributed by atoms with E-state index in [1.807, 2.05) is 45.0 Å². The quantitative estimate of drug-likeness (QED) is 0.802. The molecule has 1 heterocycles. The lowest BCUT2D eigenvalue weighted by atomic mass is 9.82. The van der Waals surface area contributed by atoms with Gasteiger partial charge in [-0.25, -0.2) is 4.68 Å². The normalized spacial score (nSPS) is 11.2. The molecule has 2 N–H and O–H groups in total. The molecule has 1 aromatic carbocycles. The molecule has 0 aliphatic carbocycles. The summed E-state index contributed by atoms with van der Waals surface area (Å²) in [6, 6.07) is 8.01. The van der Waals surface area contributed by atoms with Gasteiger partial charge in [-0.2, -0.15) is 5.10 Å². The first-order valence-electron chi connectivity index (χ1n) is 8.40. The van der Waals surface area contributed by atoms with Gasteiger partial charge in [-0.3, -0.25) is 9.59 Å². The molecule has 0 aliphatic heterocycles. The van der Waals surface area contributed by atoms with Crippen LogP contribution in [0, 0.1) is 13.8 Å². The fourth-order valence-electron chi connectivity index (χ4n) is 2.99. The van der Waals surface area contributed by atoms with Gasteiger partial charge in [0.1, 0.15) is 5.69 Å². The molecule has 0 radical (unpaired) electrons. The fraction of sp³-hybridized carbons (Fsp3) is 0.421. The minimum Gasteiger partial charge on any atom is -0.480 e. The highest BCUT2D eigenvalue weighted by Crippen LogP contribution is 2.27. The van der Waals surface area contributed by atoms with Crippen molar-refractivity contribution >= 4 is 17.5 Å². The average molecular weight is 358 g/mol. The molecular formula is C19H26N4O3. The summed E-state index contributed by atoms with van der Waals surface area (Å²) in [5.41, 5.74) is 2.94. The number of anilines is 1. The number of nitrogens with zero attached hydrogens (tertiary/aromatic N) is 2. The number of aryl methyl sites for hydroxylation is 3. The average Bonchev–Trinajstić information content (AvgIpc) is 2.85. The maximum absolute atomic E-state index is 12.2. The van der Waals surface area contributed by atoms with Gasteiger partial charge in [0.25, 0.3) is 0 Å². The summed E-state index contributed by atoms with van der Waals surface area (Å²) in [5, 5.41) is 9.47. The molecule has 7 heteroatoms. The lowest BCUT2D eigenvalue weighted by molar-refractivity contribution is -0.136. The second-order valence-corrected chi connectivity index (χ2v) is 6.93. The van der Waals surface area contributed by atoms with Crippen LogP contribution < -0.4 is 15.4 Å². The molecule has 2 amide bonds. The number of nitrogens with one attached hydrogen (secondary N) is 2. The van der Waals surface area contributed by atoms with E-state index in [0.29, 0.717) is 23.8 Å². The van der Waals surface area contributed by atoms with Crippen LogP contribution in [0.3, 0.4) is 0 Å². The van der Waals surface area contributed by atoms with Crippen LogP contribution in [0.25, 0.3) is 0 Å². The summed E-state index contributed by atoms with van der Waals surface area (Å²) in [5.74, 6) is -1.05. The Balaban J connectivity index is 2.04. The summed E-state index contributed by atoms with van der Waals surface area (Å²) in [4.78, 5) is 24.5. The number of benzene rings is 1. The van der Waals surface area contributed by atoms with Gasteiger partial charge in [-0.15, -0.1) is 0 Å².